The summed E-state index contributed by atoms with van der Waals surface area (Å²) in [6.07, 6.45) is 4.31. The fraction of sp³-hybridized carbons (Fsp3) is 0.421. The summed E-state index contributed by atoms with van der Waals surface area (Å²) in [7, 11) is 0. The molecule has 1 aliphatic heterocycles. The van der Waals surface area contributed by atoms with Crippen LogP contribution in [0.3, 0.4) is 0 Å². The van der Waals surface area contributed by atoms with Gasteiger partial charge in [-0.05, 0) is 43.5 Å². The second kappa shape index (κ2) is 8.07. The SMILES string of the molecule is Cc1cccc(OCCNC(=O)[C@H](C)N2CCc3cncnc3C2)c1. The highest BCUT2D eigenvalue weighted by molar-refractivity contribution is 5.81. The minimum Gasteiger partial charge on any atom is -0.492 e. The van der Waals surface area contributed by atoms with E-state index in [2.05, 4.69) is 20.2 Å². The number of benzene rings is 1. The normalized spacial score (nSPS) is 15.3. The van der Waals surface area contributed by atoms with E-state index in [0.29, 0.717) is 19.7 Å². The van der Waals surface area contributed by atoms with Crippen LogP contribution in [0.25, 0.3) is 0 Å². The summed E-state index contributed by atoms with van der Waals surface area (Å²) in [6.45, 7) is 6.43. The van der Waals surface area contributed by atoms with Crippen LogP contribution in [0.4, 0.5) is 0 Å². The van der Waals surface area contributed by atoms with Crippen LogP contribution in [0.15, 0.2) is 36.8 Å². The van der Waals surface area contributed by atoms with Gasteiger partial charge in [-0.1, -0.05) is 12.1 Å². The maximum absolute atomic E-state index is 12.4. The molecule has 1 aromatic heterocycles. The number of carbonyl (C=O) groups is 1. The first-order chi connectivity index (χ1) is 12.1. The third-order valence-electron chi connectivity index (χ3n) is 4.49. The van der Waals surface area contributed by atoms with Gasteiger partial charge < -0.3 is 10.1 Å². The molecule has 0 fully saturated rings. The van der Waals surface area contributed by atoms with Crippen LogP contribution in [-0.2, 0) is 17.8 Å². The molecule has 0 unspecified atom stereocenters. The van der Waals surface area contributed by atoms with Gasteiger partial charge in [-0.3, -0.25) is 9.69 Å². The summed E-state index contributed by atoms with van der Waals surface area (Å²) < 4.78 is 5.66. The van der Waals surface area contributed by atoms with E-state index < -0.39 is 0 Å². The van der Waals surface area contributed by atoms with Gasteiger partial charge in [0.25, 0.3) is 0 Å². The lowest BCUT2D eigenvalue weighted by Crippen LogP contribution is -2.47. The van der Waals surface area contributed by atoms with Crippen LogP contribution < -0.4 is 10.1 Å². The zero-order chi connectivity index (χ0) is 17.6. The Hall–Kier alpha value is -2.47. The number of ether oxygens (including phenoxy) is 1. The van der Waals surface area contributed by atoms with Crippen molar-refractivity contribution in [3.8, 4) is 5.75 Å². The van der Waals surface area contributed by atoms with Crippen molar-refractivity contribution in [2.75, 3.05) is 19.7 Å². The predicted molar refractivity (Wildman–Crippen MR) is 95.3 cm³/mol. The number of nitrogens with zero attached hydrogens (tertiary/aromatic N) is 3. The molecule has 2 heterocycles. The van der Waals surface area contributed by atoms with Gasteiger partial charge in [-0.15, -0.1) is 0 Å². The van der Waals surface area contributed by atoms with Crippen molar-refractivity contribution < 1.29 is 9.53 Å². The number of aryl methyl sites for hydroxylation is 1. The summed E-state index contributed by atoms with van der Waals surface area (Å²) in [5.74, 6) is 0.847. The highest BCUT2D eigenvalue weighted by atomic mass is 16.5. The maximum atomic E-state index is 12.4. The highest BCUT2D eigenvalue weighted by Gasteiger charge is 2.25. The smallest absolute Gasteiger partial charge is 0.237 e. The van der Waals surface area contributed by atoms with Crippen LogP contribution >= 0.6 is 0 Å². The standard InChI is InChI=1S/C19H24N4O2/c1-14-4-3-5-17(10-14)25-9-7-21-19(24)15(2)23-8-6-16-11-20-13-22-18(16)12-23/h3-5,10-11,13,15H,6-9,12H2,1-2H3,(H,21,24)/t15-/m0/s1. The largest absolute Gasteiger partial charge is 0.492 e. The lowest BCUT2D eigenvalue weighted by atomic mass is 10.1. The number of nitrogens with one attached hydrogen (secondary N) is 1. The van der Waals surface area contributed by atoms with Gasteiger partial charge in [0, 0.05) is 19.3 Å². The summed E-state index contributed by atoms with van der Waals surface area (Å²) in [5, 5.41) is 2.95. The summed E-state index contributed by atoms with van der Waals surface area (Å²) in [5.41, 5.74) is 3.35. The zero-order valence-corrected chi connectivity index (χ0v) is 14.7. The fourth-order valence-electron chi connectivity index (χ4n) is 2.96. The molecule has 25 heavy (non-hydrogen) atoms. The minimum absolute atomic E-state index is 0.0188. The third kappa shape index (κ3) is 4.54. The van der Waals surface area contributed by atoms with E-state index >= 15 is 0 Å². The fourth-order valence-corrected chi connectivity index (χ4v) is 2.96. The Balaban J connectivity index is 1.44. The van der Waals surface area contributed by atoms with Crippen molar-refractivity contribution in [2.24, 2.45) is 0 Å². The zero-order valence-electron chi connectivity index (χ0n) is 14.7. The first-order valence-corrected chi connectivity index (χ1v) is 8.62. The Morgan fingerprint density at radius 1 is 1.44 bits per heavy atom. The Morgan fingerprint density at radius 2 is 2.32 bits per heavy atom. The Labute approximate surface area is 148 Å². The quantitative estimate of drug-likeness (QED) is 0.811. The molecule has 6 heteroatoms. The highest BCUT2D eigenvalue weighted by Crippen LogP contribution is 2.17. The van der Waals surface area contributed by atoms with E-state index in [1.165, 1.54) is 5.56 Å². The van der Waals surface area contributed by atoms with E-state index in [-0.39, 0.29) is 11.9 Å². The maximum Gasteiger partial charge on any atom is 0.237 e. The average molecular weight is 340 g/mol. The molecule has 0 saturated carbocycles. The van der Waals surface area contributed by atoms with Crippen LogP contribution in [0.1, 0.15) is 23.7 Å². The van der Waals surface area contributed by atoms with Gasteiger partial charge in [0.05, 0.1) is 18.3 Å². The number of rotatable bonds is 6. The average Bonchev–Trinajstić information content (AvgIpc) is 2.64. The second-order valence-electron chi connectivity index (χ2n) is 6.35. The lowest BCUT2D eigenvalue weighted by Gasteiger charge is -2.31. The third-order valence-corrected chi connectivity index (χ3v) is 4.49. The lowest BCUT2D eigenvalue weighted by molar-refractivity contribution is -0.126. The molecule has 1 atom stereocenters. The molecule has 0 saturated heterocycles. The molecule has 1 N–H and O–H groups in total. The van der Waals surface area contributed by atoms with Gasteiger partial charge in [-0.25, -0.2) is 9.97 Å². The van der Waals surface area contributed by atoms with Crippen molar-refractivity contribution in [2.45, 2.75) is 32.9 Å². The number of hydrogen-bond donors (Lipinski definition) is 1. The molecule has 1 amide bonds. The van der Waals surface area contributed by atoms with E-state index in [4.69, 9.17) is 4.74 Å². The molecule has 2 aromatic rings. The van der Waals surface area contributed by atoms with Crippen LogP contribution in [0, 0.1) is 6.92 Å². The molecule has 0 spiro atoms. The van der Waals surface area contributed by atoms with E-state index in [1.54, 1.807) is 6.33 Å². The minimum atomic E-state index is -0.193. The Bertz CT molecular complexity index is 735. The number of aromatic nitrogens is 2. The van der Waals surface area contributed by atoms with Crippen molar-refractivity contribution >= 4 is 5.91 Å². The van der Waals surface area contributed by atoms with Crippen molar-refractivity contribution in [1.29, 1.82) is 0 Å². The van der Waals surface area contributed by atoms with E-state index in [0.717, 1.165) is 30.0 Å². The van der Waals surface area contributed by atoms with Crippen molar-refractivity contribution in [3.63, 3.8) is 0 Å². The first-order valence-electron chi connectivity index (χ1n) is 8.62. The monoisotopic (exact) mass is 340 g/mol. The van der Waals surface area contributed by atoms with Crippen LogP contribution in [0.5, 0.6) is 5.75 Å². The molecule has 3 rings (SSSR count). The molecular formula is C19H24N4O2. The Kier molecular flexibility index (Phi) is 5.60. The first kappa shape index (κ1) is 17.4. The van der Waals surface area contributed by atoms with E-state index in [1.807, 2.05) is 44.3 Å². The Morgan fingerprint density at radius 3 is 3.16 bits per heavy atom. The van der Waals surface area contributed by atoms with Gasteiger partial charge in [0.2, 0.25) is 5.91 Å². The molecule has 1 aromatic carbocycles. The van der Waals surface area contributed by atoms with Crippen molar-refractivity contribution in [1.82, 2.24) is 20.2 Å². The van der Waals surface area contributed by atoms with Crippen LogP contribution in [-0.4, -0.2) is 46.5 Å². The molecular weight excluding hydrogens is 316 g/mol. The van der Waals surface area contributed by atoms with Gasteiger partial charge >= 0.3 is 0 Å². The molecule has 0 bridgehead atoms. The summed E-state index contributed by atoms with van der Waals surface area (Å²) in [6, 6.07) is 7.70. The second-order valence-corrected chi connectivity index (χ2v) is 6.35. The number of amides is 1. The predicted octanol–water partition coefficient (Wildman–Crippen LogP) is 1.73. The van der Waals surface area contributed by atoms with Gasteiger partial charge in [-0.2, -0.15) is 0 Å². The molecule has 0 aliphatic carbocycles. The number of fused-ring (bicyclic) bond motifs is 1. The van der Waals surface area contributed by atoms with Crippen LogP contribution in [0.2, 0.25) is 0 Å². The molecule has 132 valence electrons. The number of hydrogen-bond acceptors (Lipinski definition) is 5. The topological polar surface area (TPSA) is 67.3 Å². The summed E-state index contributed by atoms with van der Waals surface area (Å²) in [4.78, 5) is 22.9. The van der Waals surface area contributed by atoms with Crippen molar-refractivity contribution in [3.05, 3.63) is 53.6 Å². The van der Waals surface area contributed by atoms with E-state index in [9.17, 15) is 4.79 Å². The summed E-state index contributed by atoms with van der Waals surface area (Å²) >= 11 is 0. The molecule has 1 aliphatic rings. The molecule has 0 radical (unpaired) electrons. The number of carbonyl (C=O) groups excluding carboxylic acids is 1. The molecule has 6 nitrogen and oxygen atoms in total. The van der Waals surface area contributed by atoms with Gasteiger partial charge in [0.15, 0.2) is 0 Å². The van der Waals surface area contributed by atoms with Gasteiger partial charge in [0.1, 0.15) is 18.7 Å².